The number of carbonyl (C=O) groups excluding carboxylic acids is 1. The number of halogens is 5. The van der Waals surface area contributed by atoms with Crippen LogP contribution in [0.4, 0.5) is 17.6 Å². The molecule has 0 radical (unpaired) electrons. The van der Waals surface area contributed by atoms with Crippen LogP contribution in [0.2, 0.25) is 0 Å². The van der Waals surface area contributed by atoms with Crippen LogP contribution in [0.15, 0.2) is 22.7 Å². The molecule has 0 aromatic heterocycles. The first-order valence-electron chi connectivity index (χ1n) is 6.80. The second-order valence-electron chi connectivity index (χ2n) is 5.52. The molecule has 2 rings (SSSR count). The fourth-order valence-electron chi connectivity index (χ4n) is 2.84. The highest BCUT2D eigenvalue weighted by Crippen LogP contribution is 2.40. The van der Waals surface area contributed by atoms with Crippen molar-refractivity contribution in [3.8, 4) is 0 Å². The van der Waals surface area contributed by atoms with Gasteiger partial charge in [-0.3, -0.25) is 4.79 Å². The van der Waals surface area contributed by atoms with E-state index in [1.807, 2.05) is 0 Å². The van der Waals surface area contributed by atoms with Gasteiger partial charge in [-0.05, 0) is 43.0 Å². The SMILES string of the molecule is O=C(Cc1cc(F)cc(Br)c1)C1CCCC(C(F)(F)F)C1. The molecule has 1 aromatic rings. The molecule has 1 aliphatic carbocycles. The van der Waals surface area contributed by atoms with Crippen LogP contribution in [0.1, 0.15) is 31.2 Å². The summed E-state index contributed by atoms with van der Waals surface area (Å²) in [6.07, 6.45) is -3.40. The van der Waals surface area contributed by atoms with E-state index in [9.17, 15) is 22.4 Å². The zero-order valence-corrected chi connectivity index (χ0v) is 12.8. The molecule has 0 heterocycles. The highest BCUT2D eigenvalue weighted by molar-refractivity contribution is 9.10. The fraction of sp³-hybridized carbons (Fsp3) is 0.533. The standard InChI is InChI=1S/C15H15BrF4O/c16-12-4-9(5-13(17)8-12)6-14(21)10-2-1-3-11(7-10)15(18,19)20/h4-5,8,10-11H,1-3,6-7H2. The van der Waals surface area contributed by atoms with Crippen molar-refractivity contribution in [2.75, 3.05) is 0 Å². The average molecular weight is 367 g/mol. The molecule has 0 bridgehead atoms. The third-order valence-electron chi connectivity index (χ3n) is 3.89. The summed E-state index contributed by atoms with van der Waals surface area (Å²) >= 11 is 3.13. The normalized spacial score (nSPS) is 23.1. The second-order valence-corrected chi connectivity index (χ2v) is 6.44. The van der Waals surface area contributed by atoms with E-state index in [1.54, 1.807) is 6.07 Å². The molecule has 1 fully saturated rings. The van der Waals surface area contributed by atoms with E-state index in [0.717, 1.165) is 0 Å². The van der Waals surface area contributed by atoms with E-state index >= 15 is 0 Å². The first kappa shape index (κ1) is 16.5. The third kappa shape index (κ3) is 4.53. The van der Waals surface area contributed by atoms with E-state index < -0.39 is 23.8 Å². The maximum absolute atomic E-state index is 13.2. The average Bonchev–Trinajstić information content (AvgIpc) is 2.36. The lowest BCUT2D eigenvalue weighted by molar-refractivity contribution is -0.186. The molecule has 0 spiro atoms. The first-order chi connectivity index (χ1) is 9.75. The Morgan fingerprint density at radius 1 is 1.24 bits per heavy atom. The highest BCUT2D eigenvalue weighted by Gasteiger charge is 2.43. The Kier molecular flexibility index (Phi) is 5.07. The molecule has 0 N–H and O–H groups in total. The molecule has 2 unspecified atom stereocenters. The van der Waals surface area contributed by atoms with Crippen LogP contribution in [-0.2, 0) is 11.2 Å². The first-order valence-corrected chi connectivity index (χ1v) is 7.59. The quantitative estimate of drug-likeness (QED) is 0.682. The van der Waals surface area contributed by atoms with Gasteiger partial charge in [-0.1, -0.05) is 22.4 Å². The van der Waals surface area contributed by atoms with Gasteiger partial charge in [0.15, 0.2) is 0 Å². The zero-order valence-electron chi connectivity index (χ0n) is 11.2. The Bertz CT molecular complexity index is 507. The summed E-state index contributed by atoms with van der Waals surface area (Å²) < 4.78 is 52.0. The van der Waals surface area contributed by atoms with Crippen molar-refractivity contribution in [1.29, 1.82) is 0 Å². The monoisotopic (exact) mass is 366 g/mol. The maximum Gasteiger partial charge on any atom is 0.391 e. The number of carbonyl (C=O) groups is 1. The predicted octanol–water partition coefficient (Wildman–Crippen LogP) is 5.07. The minimum atomic E-state index is -4.24. The Morgan fingerprint density at radius 2 is 1.95 bits per heavy atom. The Hall–Kier alpha value is -0.910. The largest absolute Gasteiger partial charge is 0.391 e. The van der Waals surface area contributed by atoms with Crippen molar-refractivity contribution in [2.45, 2.75) is 38.3 Å². The molecule has 0 amide bonds. The van der Waals surface area contributed by atoms with Gasteiger partial charge in [0.2, 0.25) is 0 Å². The molecular formula is C15H15BrF4O. The van der Waals surface area contributed by atoms with Crippen LogP contribution in [0.3, 0.4) is 0 Å². The summed E-state index contributed by atoms with van der Waals surface area (Å²) in [6.45, 7) is 0. The van der Waals surface area contributed by atoms with Crippen LogP contribution in [0.25, 0.3) is 0 Å². The smallest absolute Gasteiger partial charge is 0.299 e. The summed E-state index contributed by atoms with van der Waals surface area (Å²) in [4.78, 5) is 12.2. The van der Waals surface area contributed by atoms with E-state index in [1.165, 1.54) is 12.1 Å². The van der Waals surface area contributed by atoms with Crippen molar-refractivity contribution in [3.05, 3.63) is 34.1 Å². The molecule has 0 aliphatic heterocycles. The summed E-state index contributed by atoms with van der Waals surface area (Å²) in [7, 11) is 0. The molecule has 2 atom stereocenters. The second kappa shape index (κ2) is 6.46. The highest BCUT2D eigenvalue weighted by atomic mass is 79.9. The van der Waals surface area contributed by atoms with Crippen LogP contribution >= 0.6 is 15.9 Å². The van der Waals surface area contributed by atoms with Crippen molar-refractivity contribution in [2.24, 2.45) is 11.8 Å². The Balaban J connectivity index is 2.03. The van der Waals surface area contributed by atoms with Crippen LogP contribution in [0.5, 0.6) is 0 Å². The number of hydrogen-bond donors (Lipinski definition) is 0. The molecular weight excluding hydrogens is 352 g/mol. The number of alkyl halides is 3. The van der Waals surface area contributed by atoms with Gasteiger partial charge in [-0.25, -0.2) is 4.39 Å². The van der Waals surface area contributed by atoms with E-state index in [0.29, 0.717) is 22.9 Å². The third-order valence-corrected chi connectivity index (χ3v) is 4.35. The Labute approximate surface area is 128 Å². The Morgan fingerprint density at radius 3 is 2.57 bits per heavy atom. The van der Waals surface area contributed by atoms with E-state index in [2.05, 4.69) is 15.9 Å². The molecule has 1 aromatic carbocycles. The van der Waals surface area contributed by atoms with Crippen molar-refractivity contribution in [1.82, 2.24) is 0 Å². The predicted molar refractivity (Wildman–Crippen MR) is 74.3 cm³/mol. The number of rotatable bonds is 3. The lowest BCUT2D eigenvalue weighted by atomic mass is 9.78. The molecule has 0 saturated heterocycles. The van der Waals surface area contributed by atoms with Gasteiger partial charge in [0, 0.05) is 16.8 Å². The number of ketones is 1. The molecule has 1 saturated carbocycles. The van der Waals surface area contributed by atoms with Gasteiger partial charge >= 0.3 is 6.18 Å². The van der Waals surface area contributed by atoms with Crippen molar-refractivity contribution in [3.63, 3.8) is 0 Å². The molecule has 21 heavy (non-hydrogen) atoms. The lowest BCUT2D eigenvalue weighted by Crippen LogP contribution is -2.32. The summed E-state index contributed by atoms with van der Waals surface area (Å²) in [5.74, 6) is -2.67. The fourth-order valence-corrected chi connectivity index (χ4v) is 3.35. The van der Waals surface area contributed by atoms with Gasteiger partial charge in [0.1, 0.15) is 11.6 Å². The van der Waals surface area contributed by atoms with Crippen LogP contribution in [0, 0.1) is 17.7 Å². The van der Waals surface area contributed by atoms with E-state index in [-0.39, 0.29) is 25.0 Å². The topological polar surface area (TPSA) is 17.1 Å². The summed E-state index contributed by atoms with van der Waals surface area (Å²) in [5, 5.41) is 0. The van der Waals surface area contributed by atoms with Gasteiger partial charge in [0.25, 0.3) is 0 Å². The van der Waals surface area contributed by atoms with Gasteiger partial charge in [0.05, 0.1) is 5.92 Å². The lowest BCUT2D eigenvalue weighted by Gasteiger charge is -2.29. The number of benzene rings is 1. The molecule has 1 aliphatic rings. The number of Topliss-reactive ketones (excluding diaryl/α,β-unsaturated/α-hetero) is 1. The van der Waals surface area contributed by atoms with Gasteiger partial charge < -0.3 is 0 Å². The van der Waals surface area contributed by atoms with E-state index in [4.69, 9.17) is 0 Å². The minimum absolute atomic E-state index is 0.0222. The zero-order chi connectivity index (χ0) is 15.6. The van der Waals surface area contributed by atoms with Crippen LogP contribution in [-0.4, -0.2) is 12.0 Å². The maximum atomic E-state index is 13.2. The van der Waals surface area contributed by atoms with Gasteiger partial charge in [-0.15, -0.1) is 0 Å². The molecule has 116 valence electrons. The van der Waals surface area contributed by atoms with Crippen molar-refractivity contribution >= 4 is 21.7 Å². The van der Waals surface area contributed by atoms with Crippen LogP contribution < -0.4 is 0 Å². The molecule has 6 heteroatoms. The van der Waals surface area contributed by atoms with Crippen molar-refractivity contribution < 1.29 is 22.4 Å². The summed E-state index contributed by atoms with van der Waals surface area (Å²) in [5.41, 5.74) is 0.487. The minimum Gasteiger partial charge on any atom is -0.299 e. The number of hydrogen-bond acceptors (Lipinski definition) is 1. The van der Waals surface area contributed by atoms with Gasteiger partial charge in [-0.2, -0.15) is 13.2 Å². The summed E-state index contributed by atoms with van der Waals surface area (Å²) in [6, 6.07) is 4.13. The molecule has 1 nitrogen and oxygen atoms in total.